The predicted molar refractivity (Wildman–Crippen MR) is 123 cm³/mol. The van der Waals surface area contributed by atoms with Crippen molar-refractivity contribution in [1.29, 1.82) is 0 Å². The maximum absolute atomic E-state index is 12.8. The number of nitrogens with zero attached hydrogens (tertiary/aromatic N) is 2. The van der Waals surface area contributed by atoms with Gasteiger partial charge in [0.2, 0.25) is 0 Å². The van der Waals surface area contributed by atoms with E-state index in [0.717, 1.165) is 24.5 Å². The van der Waals surface area contributed by atoms with Crippen molar-refractivity contribution in [3.8, 4) is 0 Å². The van der Waals surface area contributed by atoms with Crippen LogP contribution in [0.1, 0.15) is 61.7 Å². The molecule has 0 radical (unpaired) electrons. The summed E-state index contributed by atoms with van der Waals surface area (Å²) in [5, 5.41) is 2.88. The van der Waals surface area contributed by atoms with Crippen LogP contribution in [0, 0.1) is 0 Å². The molecule has 3 heterocycles. The Hall–Kier alpha value is -3.71. The summed E-state index contributed by atoms with van der Waals surface area (Å²) in [6.45, 7) is 3.25. The van der Waals surface area contributed by atoms with Crippen LogP contribution in [0.25, 0.3) is 0 Å². The summed E-state index contributed by atoms with van der Waals surface area (Å²) in [6, 6.07) is 15.8. The number of anilines is 1. The lowest BCUT2D eigenvalue weighted by atomic mass is 10.1. The molecule has 0 saturated carbocycles. The summed E-state index contributed by atoms with van der Waals surface area (Å²) in [4.78, 5) is 41.8. The fourth-order valence-corrected chi connectivity index (χ4v) is 4.41. The first-order chi connectivity index (χ1) is 16.1. The maximum Gasteiger partial charge on any atom is 0.261 e. The van der Waals surface area contributed by atoms with Gasteiger partial charge in [0, 0.05) is 17.8 Å². The second-order valence-corrected chi connectivity index (χ2v) is 8.52. The van der Waals surface area contributed by atoms with Crippen LogP contribution in [0.5, 0.6) is 0 Å². The van der Waals surface area contributed by atoms with Gasteiger partial charge in [-0.3, -0.25) is 24.2 Å². The third-order valence-corrected chi connectivity index (χ3v) is 6.19. The molecule has 7 heteroatoms. The standard InChI is InChI=1S/C26H25N3O4/c30-24(27-20-9-6-18(7-10-20)16-28-12-2-1-3-13-28)19-8-11-22-23(15-19)26(32)29(25(22)31)17-21-5-4-14-33-21/h4-11,14-15H,1-3,12-13,16-17H2,(H,27,30). The summed E-state index contributed by atoms with van der Waals surface area (Å²) in [5.41, 5.74) is 2.76. The average molecular weight is 444 g/mol. The number of amides is 3. The number of furan rings is 1. The van der Waals surface area contributed by atoms with Crippen LogP contribution in [-0.2, 0) is 13.1 Å². The number of benzene rings is 2. The molecule has 1 N–H and O–H groups in total. The van der Waals surface area contributed by atoms with Gasteiger partial charge in [-0.05, 0) is 74.0 Å². The molecule has 7 nitrogen and oxygen atoms in total. The molecule has 3 aromatic rings. The van der Waals surface area contributed by atoms with E-state index in [1.807, 2.05) is 24.3 Å². The molecule has 33 heavy (non-hydrogen) atoms. The van der Waals surface area contributed by atoms with Gasteiger partial charge in [-0.2, -0.15) is 0 Å². The predicted octanol–water partition coefficient (Wildman–Crippen LogP) is 4.31. The van der Waals surface area contributed by atoms with Crippen LogP contribution in [0.4, 0.5) is 5.69 Å². The molecule has 0 unspecified atom stereocenters. The molecule has 2 aromatic carbocycles. The van der Waals surface area contributed by atoms with Gasteiger partial charge in [-0.25, -0.2) is 0 Å². The van der Waals surface area contributed by atoms with E-state index in [0.29, 0.717) is 22.6 Å². The lowest BCUT2D eigenvalue weighted by molar-refractivity contribution is 0.0631. The largest absolute Gasteiger partial charge is 0.467 e. The molecular weight excluding hydrogens is 418 g/mol. The van der Waals surface area contributed by atoms with Crippen LogP contribution in [0.3, 0.4) is 0 Å². The molecule has 1 aromatic heterocycles. The lowest BCUT2D eigenvalue weighted by Gasteiger charge is -2.26. The Morgan fingerprint density at radius 2 is 1.64 bits per heavy atom. The van der Waals surface area contributed by atoms with Crippen molar-refractivity contribution in [1.82, 2.24) is 9.80 Å². The van der Waals surface area contributed by atoms with Gasteiger partial charge in [0.1, 0.15) is 5.76 Å². The zero-order valence-electron chi connectivity index (χ0n) is 18.3. The average Bonchev–Trinajstić information content (AvgIpc) is 3.44. The lowest BCUT2D eigenvalue weighted by Crippen LogP contribution is -2.29. The molecule has 2 aliphatic rings. The van der Waals surface area contributed by atoms with E-state index < -0.39 is 5.91 Å². The number of imide groups is 1. The van der Waals surface area contributed by atoms with Crippen molar-refractivity contribution in [2.75, 3.05) is 18.4 Å². The highest BCUT2D eigenvalue weighted by molar-refractivity contribution is 6.22. The minimum absolute atomic E-state index is 0.0602. The Morgan fingerprint density at radius 1 is 0.879 bits per heavy atom. The van der Waals surface area contributed by atoms with E-state index in [1.54, 1.807) is 18.2 Å². The Balaban J connectivity index is 1.25. The van der Waals surface area contributed by atoms with E-state index in [9.17, 15) is 14.4 Å². The van der Waals surface area contributed by atoms with Crippen LogP contribution in [0.2, 0.25) is 0 Å². The minimum Gasteiger partial charge on any atom is -0.467 e. The zero-order valence-corrected chi connectivity index (χ0v) is 18.3. The van der Waals surface area contributed by atoms with Crippen molar-refractivity contribution < 1.29 is 18.8 Å². The van der Waals surface area contributed by atoms with Crippen LogP contribution in [0.15, 0.2) is 65.3 Å². The summed E-state index contributed by atoms with van der Waals surface area (Å²) < 4.78 is 5.26. The van der Waals surface area contributed by atoms with Crippen molar-refractivity contribution in [3.63, 3.8) is 0 Å². The van der Waals surface area contributed by atoms with Crippen LogP contribution in [-0.4, -0.2) is 40.6 Å². The molecule has 5 rings (SSSR count). The first kappa shape index (κ1) is 21.2. The fraction of sp³-hybridized carbons (Fsp3) is 0.269. The van der Waals surface area contributed by atoms with Gasteiger partial charge in [0.15, 0.2) is 0 Å². The van der Waals surface area contributed by atoms with Gasteiger partial charge in [0.05, 0.1) is 23.9 Å². The number of hydrogen-bond acceptors (Lipinski definition) is 5. The summed E-state index contributed by atoms with van der Waals surface area (Å²) in [6.07, 6.45) is 5.31. The Bertz CT molecular complexity index is 1180. The second kappa shape index (κ2) is 9.03. The van der Waals surface area contributed by atoms with E-state index in [1.165, 1.54) is 43.2 Å². The highest BCUT2D eigenvalue weighted by Crippen LogP contribution is 2.26. The molecule has 2 aliphatic heterocycles. The molecule has 0 atom stereocenters. The minimum atomic E-state index is -0.428. The smallest absolute Gasteiger partial charge is 0.261 e. The fourth-order valence-electron chi connectivity index (χ4n) is 4.41. The monoisotopic (exact) mass is 443 g/mol. The number of rotatable bonds is 6. The molecule has 0 bridgehead atoms. The number of carbonyl (C=O) groups excluding carboxylic acids is 3. The third-order valence-electron chi connectivity index (χ3n) is 6.19. The number of hydrogen-bond donors (Lipinski definition) is 1. The SMILES string of the molecule is O=C(Nc1ccc(CN2CCCCC2)cc1)c1ccc2c(c1)C(=O)N(Cc1ccco1)C2=O. The normalized spacial score (nSPS) is 16.2. The van der Waals surface area contributed by atoms with Gasteiger partial charge in [-0.1, -0.05) is 18.6 Å². The maximum atomic E-state index is 12.8. The topological polar surface area (TPSA) is 82.9 Å². The van der Waals surface area contributed by atoms with Gasteiger partial charge in [0.25, 0.3) is 17.7 Å². The zero-order chi connectivity index (χ0) is 22.8. The van der Waals surface area contributed by atoms with Crippen LogP contribution >= 0.6 is 0 Å². The number of piperidine rings is 1. The second-order valence-electron chi connectivity index (χ2n) is 8.52. The first-order valence-electron chi connectivity index (χ1n) is 11.2. The van der Waals surface area contributed by atoms with Gasteiger partial charge in [-0.15, -0.1) is 0 Å². The van der Waals surface area contributed by atoms with Crippen molar-refractivity contribution >= 4 is 23.4 Å². The molecule has 1 fully saturated rings. The number of likely N-dealkylation sites (tertiary alicyclic amines) is 1. The molecule has 0 aliphatic carbocycles. The highest BCUT2D eigenvalue weighted by atomic mass is 16.3. The van der Waals surface area contributed by atoms with Gasteiger partial charge >= 0.3 is 0 Å². The van der Waals surface area contributed by atoms with Crippen molar-refractivity contribution in [2.24, 2.45) is 0 Å². The van der Waals surface area contributed by atoms with Crippen molar-refractivity contribution in [2.45, 2.75) is 32.4 Å². The first-order valence-corrected chi connectivity index (χ1v) is 11.2. The molecule has 168 valence electrons. The quantitative estimate of drug-likeness (QED) is 0.574. The molecule has 0 spiro atoms. The summed E-state index contributed by atoms with van der Waals surface area (Å²) in [7, 11) is 0. The summed E-state index contributed by atoms with van der Waals surface area (Å²) in [5.74, 6) is -0.622. The van der Waals surface area contributed by atoms with Gasteiger partial charge < -0.3 is 9.73 Å². The van der Waals surface area contributed by atoms with E-state index in [4.69, 9.17) is 4.42 Å². The molecular formula is C26H25N3O4. The van der Waals surface area contributed by atoms with E-state index in [2.05, 4.69) is 10.2 Å². The number of fused-ring (bicyclic) bond motifs is 1. The summed E-state index contributed by atoms with van der Waals surface area (Å²) >= 11 is 0. The van der Waals surface area contributed by atoms with Crippen molar-refractivity contribution in [3.05, 3.63) is 88.9 Å². The van der Waals surface area contributed by atoms with Crippen LogP contribution < -0.4 is 5.32 Å². The Morgan fingerprint density at radius 3 is 2.36 bits per heavy atom. The number of carbonyl (C=O) groups is 3. The number of nitrogens with one attached hydrogen (secondary N) is 1. The third kappa shape index (κ3) is 4.45. The van der Waals surface area contributed by atoms with E-state index >= 15 is 0 Å². The van der Waals surface area contributed by atoms with E-state index in [-0.39, 0.29) is 23.9 Å². The highest BCUT2D eigenvalue weighted by Gasteiger charge is 2.36. The molecule has 3 amide bonds. The molecule has 1 saturated heterocycles. The Labute approximate surface area is 192 Å². The Kier molecular flexibility index (Phi) is 5.79.